The lowest BCUT2D eigenvalue weighted by Gasteiger charge is -2.17. The third-order valence-electron chi connectivity index (χ3n) is 2.17. The highest BCUT2D eigenvalue weighted by Crippen LogP contribution is 2.37. The molecule has 0 amide bonds. The molecule has 2 rings (SSSR count). The summed E-state index contributed by atoms with van der Waals surface area (Å²) < 4.78 is 2.85. The summed E-state index contributed by atoms with van der Waals surface area (Å²) in [6.07, 6.45) is 5.69. The van der Waals surface area contributed by atoms with E-state index in [1.165, 1.54) is 0 Å². The average molecular weight is 254 g/mol. The molecule has 2 atom stereocenters. The van der Waals surface area contributed by atoms with Gasteiger partial charge in [0.05, 0.1) is 11.4 Å². The van der Waals surface area contributed by atoms with Crippen LogP contribution < -0.4 is 5.73 Å². The number of aromatic nitrogens is 3. The van der Waals surface area contributed by atoms with Gasteiger partial charge in [0, 0.05) is 36.4 Å². The quantitative estimate of drug-likeness (QED) is 0.849. The van der Waals surface area contributed by atoms with Crippen LogP contribution in [-0.4, -0.2) is 20.8 Å². The minimum absolute atomic E-state index is 0.0677. The predicted molar refractivity (Wildman–Crippen MR) is 67.6 cm³/mol. The monoisotopic (exact) mass is 254 g/mol. The Balaban J connectivity index is 2.18. The summed E-state index contributed by atoms with van der Waals surface area (Å²) in [6, 6.07) is 0.0677. The largest absolute Gasteiger partial charge is 0.327 e. The van der Waals surface area contributed by atoms with Crippen LogP contribution in [0.15, 0.2) is 28.3 Å². The molecule has 0 aliphatic heterocycles. The Morgan fingerprint density at radius 1 is 1.56 bits per heavy atom. The Morgan fingerprint density at radius 3 is 2.88 bits per heavy atom. The molecule has 2 aromatic heterocycles. The highest BCUT2D eigenvalue weighted by molar-refractivity contribution is 8.01. The van der Waals surface area contributed by atoms with E-state index in [1.54, 1.807) is 27.8 Å². The summed E-state index contributed by atoms with van der Waals surface area (Å²) in [5.74, 6) is 0. The maximum Gasteiger partial charge on any atom is 0.150 e. The van der Waals surface area contributed by atoms with Crippen LogP contribution in [-0.2, 0) is 7.05 Å². The molecule has 6 heteroatoms. The van der Waals surface area contributed by atoms with Crippen LogP contribution in [0.1, 0.15) is 17.7 Å². The van der Waals surface area contributed by atoms with Crippen molar-refractivity contribution in [3.63, 3.8) is 0 Å². The maximum absolute atomic E-state index is 6.01. The molecule has 0 aliphatic rings. The van der Waals surface area contributed by atoms with Gasteiger partial charge in [0.15, 0.2) is 0 Å². The van der Waals surface area contributed by atoms with Crippen LogP contribution in [0.2, 0.25) is 0 Å². The standard InChI is InChI=1S/C10H14N4S2/c1-7(11)9(8-5-13-14(2)6-8)16-10-12-3-4-15-10/h3-7,9H,11H2,1-2H3. The normalized spacial score (nSPS) is 14.9. The molecule has 86 valence electrons. The summed E-state index contributed by atoms with van der Waals surface area (Å²) in [7, 11) is 1.91. The minimum atomic E-state index is 0.0677. The number of hydrogen-bond donors (Lipinski definition) is 1. The molecule has 0 radical (unpaired) electrons. The van der Waals surface area contributed by atoms with Gasteiger partial charge in [-0.1, -0.05) is 11.8 Å². The van der Waals surface area contributed by atoms with Gasteiger partial charge in [-0.25, -0.2) is 4.98 Å². The number of nitrogens with zero attached hydrogens (tertiary/aromatic N) is 3. The Morgan fingerprint density at radius 2 is 2.38 bits per heavy atom. The molecule has 0 aliphatic carbocycles. The van der Waals surface area contributed by atoms with Crippen molar-refractivity contribution >= 4 is 23.1 Å². The maximum atomic E-state index is 6.01. The van der Waals surface area contributed by atoms with Gasteiger partial charge in [-0.15, -0.1) is 11.3 Å². The molecular formula is C10H14N4S2. The minimum Gasteiger partial charge on any atom is -0.327 e. The zero-order valence-corrected chi connectivity index (χ0v) is 10.8. The van der Waals surface area contributed by atoms with Crippen molar-refractivity contribution < 1.29 is 0 Å². The second-order valence-corrected chi connectivity index (χ2v) is 5.93. The van der Waals surface area contributed by atoms with E-state index in [2.05, 4.69) is 10.1 Å². The topological polar surface area (TPSA) is 56.7 Å². The van der Waals surface area contributed by atoms with Gasteiger partial charge in [0.1, 0.15) is 4.34 Å². The first-order valence-corrected chi connectivity index (χ1v) is 6.73. The molecule has 0 bridgehead atoms. The van der Waals surface area contributed by atoms with E-state index < -0.39 is 0 Å². The number of hydrogen-bond acceptors (Lipinski definition) is 5. The molecule has 2 aromatic rings. The van der Waals surface area contributed by atoms with Gasteiger partial charge >= 0.3 is 0 Å². The third-order valence-corrected chi connectivity index (χ3v) is 4.57. The number of nitrogens with two attached hydrogens (primary N) is 1. The van der Waals surface area contributed by atoms with Crippen molar-refractivity contribution in [2.24, 2.45) is 12.8 Å². The fourth-order valence-electron chi connectivity index (χ4n) is 1.44. The summed E-state index contributed by atoms with van der Waals surface area (Å²) in [6.45, 7) is 2.01. The Kier molecular flexibility index (Phi) is 3.63. The van der Waals surface area contributed by atoms with E-state index >= 15 is 0 Å². The second-order valence-electron chi connectivity index (χ2n) is 3.64. The van der Waals surface area contributed by atoms with Crippen LogP contribution >= 0.6 is 23.1 Å². The van der Waals surface area contributed by atoms with E-state index in [4.69, 9.17) is 5.73 Å². The molecule has 2 N–H and O–H groups in total. The molecular weight excluding hydrogens is 240 g/mol. The molecule has 4 nitrogen and oxygen atoms in total. The van der Waals surface area contributed by atoms with Crippen molar-refractivity contribution in [2.75, 3.05) is 0 Å². The predicted octanol–water partition coefficient (Wildman–Crippen LogP) is 2.06. The van der Waals surface area contributed by atoms with Crippen LogP contribution in [0.25, 0.3) is 0 Å². The van der Waals surface area contributed by atoms with Crippen molar-refractivity contribution in [1.82, 2.24) is 14.8 Å². The molecule has 0 spiro atoms. The van der Waals surface area contributed by atoms with Gasteiger partial charge in [-0.05, 0) is 6.92 Å². The second kappa shape index (κ2) is 4.99. The zero-order valence-electron chi connectivity index (χ0n) is 9.20. The van der Waals surface area contributed by atoms with Crippen LogP contribution in [0, 0.1) is 0 Å². The Labute approximate surface area is 103 Å². The van der Waals surface area contributed by atoms with Gasteiger partial charge in [0.25, 0.3) is 0 Å². The molecule has 16 heavy (non-hydrogen) atoms. The summed E-state index contributed by atoms with van der Waals surface area (Å²) in [5, 5.41) is 6.36. The molecule has 0 fully saturated rings. The number of aryl methyl sites for hydroxylation is 1. The number of thiazole rings is 1. The van der Waals surface area contributed by atoms with E-state index in [9.17, 15) is 0 Å². The lowest BCUT2D eigenvalue weighted by atomic mass is 10.1. The first-order valence-electron chi connectivity index (χ1n) is 4.97. The van der Waals surface area contributed by atoms with E-state index in [-0.39, 0.29) is 11.3 Å². The fraction of sp³-hybridized carbons (Fsp3) is 0.400. The Bertz CT molecular complexity index is 435. The highest BCUT2D eigenvalue weighted by atomic mass is 32.2. The fourth-order valence-corrected chi connectivity index (χ4v) is 3.31. The lowest BCUT2D eigenvalue weighted by molar-refractivity contribution is 0.718. The van der Waals surface area contributed by atoms with E-state index in [1.807, 2.05) is 37.9 Å². The number of rotatable bonds is 4. The number of thioether (sulfide) groups is 1. The summed E-state index contributed by atoms with van der Waals surface area (Å²) >= 11 is 3.34. The highest BCUT2D eigenvalue weighted by Gasteiger charge is 2.20. The third kappa shape index (κ3) is 2.63. The lowest BCUT2D eigenvalue weighted by Crippen LogP contribution is -2.22. The van der Waals surface area contributed by atoms with Crippen molar-refractivity contribution in [2.45, 2.75) is 22.6 Å². The average Bonchev–Trinajstić information content (AvgIpc) is 2.84. The van der Waals surface area contributed by atoms with Crippen LogP contribution in [0.3, 0.4) is 0 Å². The van der Waals surface area contributed by atoms with Crippen LogP contribution in [0.5, 0.6) is 0 Å². The first kappa shape index (κ1) is 11.6. The summed E-state index contributed by atoms with van der Waals surface area (Å²) in [5.41, 5.74) is 7.16. The molecule has 0 saturated heterocycles. The molecule has 2 heterocycles. The molecule has 2 unspecified atom stereocenters. The molecule has 0 saturated carbocycles. The van der Waals surface area contributed by atoms with E-state index in [0.717, 1.165) is 9.90 Å². The van der Waals surface area contributed by atoms with Gasteiger partial charge < -0.3 is 5.73 Å². The van der Waals surface area contributed by atoms with Crippen molar-refractivity contribution in [1.29, 1.82) is 0 Å². The zero-order chi connectivity index (χ0) is 11.5. The van der Waals surface area contributed by atoms with Crippen molar-refractivity contribution in [3.05, 3.63) is 29.5 Å². The SMILES string of the molecule is CC(N)C(Sc1nccs1)c1cnn(C)c1. The van der Waals surface area contributed by atoms with Gasteiger partial charge in [-0.3, -0.25) is 4.68 Å². The van der Waals surface area contributed by atoms with Crippen molar-refractivity contribution in [3.8, 4) is 0 Å². The Hall–Kier alpha value is -0.850. The van der Waals surface area contributed by atoms with Gasteiger partial charge in [-0.2, -0.15) is 5.10 Å². The summed E-state index contributed by atoms with van der Waals surface area (Å²) in [4.78, 5) is 4.27. The first-order chi connectivity index (χ1) is 7.66. The van der Waals surface area contributed by atoms with Gasteiger partial charge in [0.2, 0.25) is 0 Å². The van der Waals surface area contributed by atoms with E-state index in [0.29, 0.717) is 0 Å². The smallest absolute Gasteiger partial charge is 0.150 e. The molecule has 0 aromatic carbocycles. The van der Waals surface area contributed by atoms with Crippen LogP contribution in [0.4, 0.5) is 0 Å².